The van der Waals surface area contributed by atoms with Crippen molar-refractivity contribution in [3.8, 4) is 10.4 Å². The summed E-state index contributed by atoms with van der Waals surface area (Å²) >= 11 is 1.33. The molecule has 2 aliphatic rings. The topological polar surface area (TPSA) is 131 Å². The summed E-state index contributed by atoms with van der Waals surface area (Å²) in [5.74, 6) is -1.16. The molecule has 2 fully saturated rings. The zero-order chi connectivity index (χ0) is 27.7. The van der Waals surface area contributed by atoms with Gasteiger partial charge in [0.1, 0.15) is 17.0 Å². The number of ketones is 1. The van der Waals surface area contributed by atoms with Gasteiger partial charge in [0.2, 0.25) is 15.9 Å². The van der Waals surface area contributed by atoms with Crippen LogP contribution in [0, 0.1) is 5.21 Å². The summed E-state index contributed by atoms with van der Waals surface area (Å²) in [5.41, 5.74) is 0.991. The fourth-order valence-corrected chi connectivity index (χ4v) is 7.80. The van der Waals surface area contributed by atoms with Crippen LogP contribution in [0.2, 0.25) is 0 Å². The van der Waals surface area contributed by atoms with Gasteiger partial charge in [0, 0.05) is 17.5 Å². The summed E-state index contributed by atoms with van der Waals surface area (Å²) in [6.07, 6.45) is 3.40. The maximum Gasteiger partial charge on any atom is 0.262 e. The number of carbonyl (C=O) groups is 3. The van der Waals surface area contributed by atoms with Gasteiger partial charge in [-0.1, -0.05) is 43.7 Å². The fourth-order valence-electron chi connectivity index (χ4n) is 5.26. The van der Waals surface area contributed by atoms with E-state index >= 15 is 0 Å². The Bertz CT molecular complexity index is 1510. The van der Waals surface area contributed by atoms with Gasteiger partial charge in [-0.3, -0.25) is 14.4 Å². The SMILES string of the molecule is CCCC(NC(=O)c1ccc(-c2ccccc2)s1)C(=O)N1CCC2C1C(=O)CN2S(=O)(=O)c1ccc[n+]([O-])c1. The zero-order valence-electron chi connectivity index (χ0n) is 21.2. The van der Waals surface area contributed by atoms with Crippen LogP contribution in [0.4, 0.5) is 0 Å². The average Bonchev–Trinajstić information content (AvgIpc) is 3.66. The Hall–Kier alpha value is -3.61. The summed E-state index contributed by atoms with van der Waals surface area (Å²) in [4.78, 5) is 42.4. The number of carbonyl (C=O) groups excluding carboxylic acids is 3. The molecule has 4 heterocycles. The van der Waals surface area contributed by atoms with Crippen molar-refractivity contribution in [3.63, 3.8) is 0 Å². The minimum Gasteiger partial charge on any atom is -0.619 e. The maximum atomic E-state index is 13.6. The molecule has 1 N–H and O–H groups in total. The Morgan fingerprint density at radius 2 is 1.92 bits per heavy atom. The highest BCUT2D eigenvalue weighted by molar-refractivity contribution is 7.89. The lowest BCUT2D eigenvalue weighted by molar-refractivity contribution is -0.607. The molecule has 204 valence electrons. The molecule has 1 aromatic carbocycles. The quantitative estimate of drug-likeness (QED) is 0.328. The van der Waals surface area contributed by atoms with Crippen molar-refractivity contribution >= 4 is 39.0 Å². The standard InChI is InChI=1S/C27H28N4O6S2/c1-2-7-20(28-26(33)24-12-11-23(38-24)18-8-4-3-5-9-18)27(34)30-15-13-21-25(30)22(32)17-31(21)39(36,37)19-10-6-14-29(35)16-19/h3-6,8-12,14,16,20-21,25H,2,7,13,15,17H2,1H3,(H,28,33). The molecular weight excluding hydrogens is 540 g/mol. The van der Waals surface area contributed by atoms with E-state index in [-0.39, 0.29) is 36.1 Å². The Morgan fingerprint density at radius 1 is 1.15 bits per heavy atom. The molecule has 0 radical (unpaired) electrons. The van der Waals surface area contributed by atoms with Crippen molar-refractivity contribution in [2.45, 2.75) is 49.2 Å². The zero-order valence-corrected chi connectivity index (χ0v) is 22.9. The second kappa shape index (κ2) is 10.9. The van der Waals surface area contributed by atoms with Gasteiger partial charge < -0.3 is 15.4 Å². The number of rotatable bonds is 8. The number of pyridine rings is 1. The van der Waals surface area contributed by atoms with E-state index in [9.17, 15) is 28.0 Å². The van der Waals surface area contributed by atoms with Gasteiger partial charge in [-0.05, 0) is 36.6 Å². The van der Waals surface area contributed by atoms with Crippen LogP contribution >= 0.6 is 11.3 Å². The number of Topliss-reactive ketones (excluding diaryl/α,β-unsaturated/α-hetero) is 1. The largest absolute Gasteiger partial charge is 0.619 e. The molecule has 2 aliphatic heterocycles. The molecule has 39 heavy (non-hydrogen) atoms. The molecule has 2 amide bonds. The number of hydrogen-bond acceptors (Lipinski definition) is 7. The number of likely N-dealkylation sites (tertiary alicyclic amines) is 1. The van der Waals surface area contributed by atoms with Crippen molar-refractivity contribution in [2.24, 2.45) is 0 Å². The number of benzene rings is 1. The maximum absolute atomic E-state index is 13.6. The number of aromatic nitrogens is 1. The third kappa shape index (κ3) is 5.19. The van der Waals surface area contributed by atoms with Gasteiger partial charge in [-0.2, -0.15) is 9.04 Å². The third-order valence-electron chi connectivity index (χ3n) is 7.08. The van der Waals surface area contributed by atoms with Gasteiger partial charge in [0.15, 0.2) is 18.2 Å². The van der Waals surface area contributed by atoms with E-state index in [0.29, 0.717) is 22.4 Å². The van der Waals surface area contributed by atoms with Crippen molar-refractivity contribution in [1.82, 2.24) is 14.5 Å². The molecule has 5 rings (SSSR count). The summed E-state index contributed by atoms with van der Waals surface area (Å²) < 4.78 is 28.0. The van der Waals surface area contributed by atoms with E-state index in [1.165, 1.54) is 34.6 Å². The van der Waals surface area contributed by atoms with E-state index < -0.39 is 34.1 Å². The molecule has 3 unspecified atom stereocenters. The summed E-state index contributed by atoms with van der Waals surface area (Å²) in [7, 11) is -4.12. The molecule has 10 nitrogen and oxygen atoms in total. The van der Waals surface area contributed by atoms with Crippen molar-refractivity contribution in [3.05, 3.63) is 77.1 Å². The Kier molecular flexibility index (Phi) is 7.52. The van der Waals surface area contributed by atoms with Gasteiger partial charge in [0.25, 0.3) is 5.91 Å². The number of hydrogen-bond donors (Lipinski definition) is 1. The molecule has 2 aromatic heterocycles. The molecular formula is C27H28N4O6S2. The lowest BCUT2D eigenvalue weighted by Crippen LogP contribution is -2.52. The van der Waals surface area contributed by atoms with Gasteiger partial charge in [-0.25, -0.2) is 8.42 Å². The van der Waals surface area contributed by atoms with Gasteiger partial charge >= 0.3 is 0 Å². The van der Waals surface area contributed by atoms with Crippen LogP contribution in [-0.2, 0) is 19.6 Å². The highest BCUT2D eigenvalue weighted by Gasteiger charge is 2.54. The molecule has 0 bridgehead atoms. The number of fused-ring (bicyclic) bond motifs is 1. The number of nitrogens with zero attached hydrogens (tertiary/aromatic N) is 3. The molecule has 12 heteroatoms. The highest BCUT2D eigenvalue weighted by atomic mass is 32.2. The minimum absolute atomic E-state index is 0.190. The third-order valence-corrected chi connectivity index (χ3v) is 10.1. The van der Waals surface area contributed by atoms with Crippen LogP contribution in [-0.4, -0.2) is 66.4 Å². The Labute approximate surface area is 230 Å². The number of thiophene rings is 1. The van der Waals surface area contributed by atoms with Crippen molar-refractivity contribution in [1.29, 1.82) is 0 Å². The number of sulfonamides is 1. The Morgan fingerprint density at radius 3 is 2.64 bits per heavy atom. The second-order valence-electron chi connectivity index (χ2n) is 9.59. The molecule has 0 saturated carbocycles. The summed E-state index contributed by atoms with van der Waals surface area (Å²) in [6.45, 7) is 1.71. The number of nitrogens with one attached hydrogen (secondary N) is 1. The lowest BCUT2D eigenvalue weighted by Gasteiger charge is -2.28. The first kappa shape index (κ1) is 27.0. The van der Waals surface area contributed by atoms with E-state index in [1.807, 2.05) is 43.3 Å². The first-order chi connectivity index (χ1) is 18.7. The van der Waals surface area contributed by atoms with E-state index in [4.69, 9.17) is 0 Å². The Balaban J connectivity index is 1.32. The van der Waals surface area contributed by atoms with E-state index in [2.05, 4.69) is 5.32 Å². The van der Waals surface area contributed by atoms with Crippen LogP contribution in [0.25, 0.3) is 10.4 Å². The average molecular weight is 569 g/mol. The first-order valence-electron chi connectivity index (χ1n) is 12.7. The van der Waals surface area contributed by atoms with Crippen LogP contribution in [0.5, 0.6) is 0 Å². The molecule has 0 spiro atoms. The van der Waals surface area contributed by atoms with Gasteiger partial charge in [-0.15, -0.1) is 11.3 Å². The van der Waals surface area contributed by atoms with Crippen LogP contribution in [0.1, 0.15) is 35.9 Å². The van der Waals surface area contributed by atoms with E-state index in [1.54, 1.807) is 6.07 Å². The molecule has 2 saturated heterocycles. The first-order valence-corrected chi connectivity index (χ1v) is 15.0. The molecule has 3 aromatic rings. The van der Waals surface area contributed by atoms with Crippen molar-refractivity contribution < 1.29 is 27.5 Å². The summed E-state index contributed by atoms with van der Waals surface area (Å²) in [5, 5.41) is 14.5. The van der Waals surface area contributed by atoms with Crippen molar-refractivity contribution in [2.75, 3.05) is 13.1 Å². The van der Waals surface area contributed by atoms with Crippen LogP contribution < -0.4 is 10.0 Å². The van der Waals surface area contributed by atoms with Crippen LogP contribution in [0.15, 0.2) is 71.9 Å². The lowest BCUT2D eigenvalue weighted by atomic mass is 10.1. The highest BCUT2D eigenvalue weighted by Crippen LogP contribution is 2.34. The molecule has 0 aliphatic carbocycles. The summed E-state index contributed by atoms with van der Waals surface area (Å²) in [6, 6.07) is 13.4. The fraction of sp³-hybridized carbons (Fsp3) is 0.333. The molecule has 3 atom stereocenters. The van der Waals surface area contributed by atoms with Crippen LogP contribution in [0.3, 0.4) is 0 Å². The predicted octanol–water partition coefficient (Wildman–Crippen LogP) is 2.19. The second-order valence-corrected chi connectivity index (χ2v) is 12.6. The minimum atomic E-state index is -4.12. The monoisotopic (exact) mass is 568 g/mol. The van der Waals surface area contributed by atoms with Gasteiger partial charge in [0.05, 0.1) is 17.5 Å². The normalized spacial score (nSPS) is 20.1. The van der Waals surface area contributed by atoms with E-state index in [0.717, 1.165) is 20.9 Å². The smallest absolute Gasteiger partial charge is 0.262 e. The number of amides is 2. The predicted molar refractivity (Wildman–Crippen MR) is 144 cm³/mol.